The van der Waals surface area contributed by atoms with Crippen LogP contribution in [0.5, 0.6) is 0 Å². The Kier molecular flexibility index (Phi) is 7.11. The van der Waals surface area contributed by atoms with Crippen LogP contribution in [0.1, 0.15) is 34.5 Å². The van der Waals surface area contributed by atoms with Crippen LogP contribution < -0.4 is 16.6 Å². The number of carbonyl (C=O) groups excluding carboxylic acids is 2. The molecule has 1 aliphatic heterocycles. The maximum absolute atomic E-state index is 15.1. The normalized spacial score (nSPS) is 16.1. The van der Waals surface area contributed by atoms with Crippen LogP contribution in [-0.2, 0) is 22.6 Å². The van der Waals surface area contributed by atoms with Gasteiger partial charge in [0.25, 0.3) is 5.56 Å². The summed E-state index contributed by atoms with van der Waals surface area (Å²) < 4.78 is 62.0. The molecule has 7 nitrogen and oxygen atoms in total. The molecule has 37 heavy (non-hydrogen) atoms. The van der Waals surface area contributed by atoms with Gasteiger partial charge in [-0.15, -0.1) is 0 Å². The first-order valence-corrected chi connectivity index (χ1v) is 11.4. The van der Waals surface area contributed by atoms with Gasteiger partial charge < -0.3 is 20.4 Å². The minimum atomic E-state index is -4.73. The van der Waals surface area contributed by atoms with Gasteiger partial charge in [-0.1, -0.05) is 17.7 Å². The third-order valence-corrected chi connectivity index (χ3v) is 6.35. The highest BCUT2D eigenvalue weighted by molar-refractivity contribution is 6.31. The van der Waals surface area contributed by atoms with Crippen molar-refractivity contribution in [2.24, 2.45) is 5.73 Å². The topological polar surface area (TPSA) is 103 Å². The molecule has 0 radical (unpaired) electrons. The van der Waals surface area contributed by atoms with Crippen molar-refractivity contribution in [1.29, 1.82) is 0 Å². The summed E-state index contributed by atoms with van der Waals surface area (Å²) in [5.74, 6) is -2.22. The van der Waals surface area contributed by atoms with Crippen molar-refractivity contribution >= 4 is 29.1 Å². The Morgan fingerprint density at radius 1 is 1.16 bits per heavy atom. The summed E-state index contributed by atoms with van der Waals surface area (Å²) in [4.78, 5) is 37.0. The van der Waals surface area contributed by atoms with E-state index in [1.165, 1.54) is 43.5 Å². The molecule has 0 bridgehead atoms. The number of nitrogens with one attached hydrogen (secondary N) is 1. The molecule has 3 N–H and O–H groups in total. The Balaban J connectivity index is 1.73. The van der Waals surface area contributed by atoms with Crippen molar-refractivity contribution in [3.8, 4) is 11.1 Å². The van der Waals surface area contributed by atoms with E-state index in [0.29, 0.717) is 5.69 Å². The van der Waals surface area contributed by atoms with E-state index in [0.717, 1.165) is 16.7 Å². The number of primary amides is 1. The van der Waals surface area contributed by atoms with Gasteiger partial charge in [-0.25, -0.2) is 4.39 Å². The number of benzene rings is 2. The third kappa shape index (κ3) is 5.37. The van der Waals surface area contributed by atoms with Crippen molar-refractivity contribution in [1.82, 2.24) is 4.57 Å². The Morgan fingerprint density at radius 2 is 1.84 bits per heavy atom. The van der Waals surface area contributed by atoms with Gasteiger partial charge in [-0.05, 0) is 48.4 Å². The number of carbonyl (C=O) groups is 2. The number of alkyl halides is 3. The number of ether oxygens (including phenoxy) is 1. The minimum Gasteiger partial charge on any atom is -0.366 e. The fourth-order valence-electron chi connectivity index (χ4n) is 4.04. The molecule has 0 saturated heterocycles. The maximum atomic E-state index is 15.1. The largest absolute Gasteiger partial charge is 0.414 e. The second-order valence-corrected chi connectivity index (χ2v) is 8.91. The molecule has 1 unspecified atom stereocenters. The first-order chi connectivity index (χ1) is 17.4. The molecule has 2 heterocycles. The zero-order valence-electron chi connectivity index (χ0n) is 19.2. The van der Waals surface area contributed by atoms with Crippen LogP contribution in [0, 0.1) is 5.82 Å². The zero-order chi connectivity index (χ0) is 27.1. The van der Waals surface area contributed by atoms with Gasteiger partial charge in [-0.2, -0.15) is 13.2 Å². The lowest BCUT2D eigenvalue weighted by molar-refractivity contribution is -0.223. The average Bonchev–Trinajstić information content (AvgIpc) is 2.82. The number of halogens is 5. The summed E-state index contributed by atoms with van der Waals surface area (Å²) in [5, 5.41) is 2.28. The van der Waals surface area contributed by atoms with E-state index in [1.54, 1.807) is 0 Å². The predicted octanol–water partition coefficient (Wildman–Crippen LogP) is 4.61. The number of hydrogen-bond donors (Lipinski definition) is 2. The highest BCUT2D eigenvalue weighted by Gasteiger charge is 2.42. The van der Waals surface area contributed by atoms with Crippen LogP contribution in [0.4, 0.5) is 23.2 Å². The standard InChI is InChI=1S/C25H20ClF4N3O4/c1-12(24(36)32-16-5-2-13(3-6-16)23(31)35)33-10-15-11-37-19(25(28,29)30)8-14-4-7-18(26)22(27)21(14)17(15)9-20(33)34/h2-7,9-10,12,19H,8,11H2,1H3,(H2,31,35)(H,32,36)/t12-,19?/m0/s1. The third-order valence-electron chi connectivity index (χ3n) is 6.06. The molecule has 1 aliphatic rings. The smallest absolute Gasteiger partial charge is 0.366 e. The number of rotatable bonds is 4. The van der Waals surface area contributed by atoms with Gasteiger partial charge >= 0.3 is 6.18 Å². The zero-order valence-corrected chi connectivity index (χ0v) is 20.0. The van der Waals surface area contributed by atoms with E-state index in [-0.39, 0.29) is 32.8 Å². The summed E-state index contributed by atoms with van der Waals surface area (Å²) >= 11 is 5.91. The quantitative estimate of drug-likeness (QED) is 0.474. The fraction of sp³-hybridized carbons (Fsp3) is 0.240. The summed E-state index contributed by atoms with van der Waals surface area (Å²) in [6.45, 7) is 0.822. The van der Waals surface area contributed by atoms with Gasteiger partial charge in [0.15, 0.2) is 6.10 Å². The molecule has 0 saturated carbocycles. The summed E-state index contributed by atoms with van der Waals surface area (Å²) in [6.07, 6.45) is -6.43. The number of aromatic nitrogens is 1. The monoisotopic (exact) mass is 537 g/mol. The second-order valence-electron chi connectivity index (χ2n) is 8.51. The van der Waals surface area contributed by atoms with E-state index in [2.05, 4.69) is 5.32 Å². The van der Waals surface area contributed by atoms with Gasteiger partial charge in [0.05, 0.1) is 11.6 Å². The van der Waals surface area contributed by atoms with Crippen LogP contribution in [0.3, 0.4) is 0 Å². The molecule has 1 aromatic heterocycles. The lowest BCUT2D eigenvalue weighted by atomic mass is 9.91. The first kappa shape index (κ1) is 26.4. The molecular weight excluding hydrogens is 518 g/mol. The van der Waals surface area contributed by atoms with Crippen molar-refractivity contribution in [3.63, 3.8) is 0 Å². The Morgan fingerprint density at radius 3 is 2.46 bits per heavy atom. The number of nitrogens with zero attached hydrogens (tertiary/aromatic N) is 1. The van der Waals surface area contributed by atoms with Crippen molar-refractivity contribution in [3.05, 3.63) is 86.5 Å². The van der Waals surface area contributed by atoms with Crippen molar-refractivity contribution in [2.75, 3.05) is 5.32 Å². The Labute approximate surface area is 212 Å². The maximum Gasteiger partial charge on any atom is 0.414 e. The van der Waals surface area contributed by atoms with E-state index < -0.39 is 54.5 Å². The van der Waals surface area contributed by atoms with Crippen LogP contribution in [0.25, 0.3) is 11.1 Å². The molecule has 0 spiro atoms. The second kappa shape index (κ2) is 9.98. The molecule has 2 amide bonds. The molecule has 3 aromatic rings. The Hall–Kier alpha value is -3.70. The van der Waals surface area contributed by atoms with Gasteiger partial charge in [0.2, 0.25) is 11.8 Å². The molecule has 0 aliphatic carbocycles. The number of nitrogens with two attached hydrogens (primary N) is 1. The highest BCUT2D eigenvalue weighted by atomic mass is 35.5. The molecular formula is C25H20ClF4N3O4. The summed E-state index contributed by atoms with van der Waals surface area (Å²) in [6, 6.07) is 8.07. The molecule has 4 rings (SSSR count). The predicted molar refractivity (Wildman–Crippen MR) is 128 cm³/mol. The molecule has 2 aromatic carbocycles. The molecule has 194 valence electrons. The lowest BCUT2D eigenvalue weighted by Gasteiger charge is -2.27. The summed E-state index contributed by atoms with van der Waals surface area (Å²) in [7, 11) is 0. The first-order valence-electron chi connectivity index (χ1n) is 11.0. The minimum absolute atomic E-state index is 0.0208. The number of fused-ring (bicyclic) bond motifs is 3. The fourth-order valence-corrected chi connectivity index (χ4v) is 4.20. The molecule has 2 atom stereocenters. The average molecular weight is 538 g/mol. The number of amides is 2. The molecule has 0 fully saturated rings. The van der Waals surface area contributed by atoms with E-state index in [4.69, 9.17) is 22.1 Å². The lowest BCUT2D eigenvalue weighted by Crippen LogP contribution is -2.36. The van der Waals surface area contributed by atoms with E-state index in [1.807, 2.05) is 0 Å². The van der Waals surface area contributed by atoms with Crippen LogP contribution >= 0.6 is 11.6 Å². The van der Waals surface area contributed by atoms with E-state index >= 15 is 4.39 Å². The number of anilines is 1. The molecule has 12 heteroatoms. The van der Waals surface area contributed by atoms with Crippen molar-refractivity contribution in [2.45, 2.75) is 38.3 Å². The van der Waals surface area contributed by atoms with Gasteiger partial charge in [0.1, 0.15) is 11.9 Å². The highest BCUT2D eigenvalue weighted by Crippen LogP contribution is 2.38. The van der Waals surface area contributed by atoms with E-state index in [9.17, 15) is 27.6 Å². The van der Waals surface area contributed by atoms with Crippen LogP contribution in [0.2, 0.25) is 5.02 Å². The van der Waals surface area contributed by atoms with Crippen LogP contribution in [-0.4, -0.2) is 28.7 Å². The number of pyridine rings is 1. The Bertz CT molecular complexity index is 1440. The SMILES string of the molecule is C[C@@H](C(=O)Nc1ccc(C(N)=O)cc1)n1cc2c(cc1=O)-c1c(ccc(Cl)c1F)CC(C(F)(F)F)OC2. The number of hydrogen-bond acceptors (Lipinski definition) is 4. The van der Waals surface area contributed by atoms with Gasteiger partial charge in [-0.3, -0.25) is 14.4 Å². The summed E-state index contributed by atoms with van der Waals surface area (Å²) in [5.41, 5.74) is 4.93. The van der Waals surface area contributed by atoms with Gasteiger partial charge in [0, 0.05) is 41.1 Å². The van der Waals surface area contributed by atoms with Crippen LogP contribution in [0.15, 0.2) is 53.5 Å². The van der Waals surface area contributed by atoms with Crippen molar-refractivity contribution < 1.29 is 31.9 Å².